The number of fused-ring (bicyclic) bond motifs is 1. The average molecular weight is 652 g/mol. The molecule has 4 aromatic carbocycles. The minimum atomic E-state index is -0.451. The van der Waals surface area contributed by atoms with Crippen LogP contribution < -0.4 is 9.47 Å². The van der Waals surface area contributed by atoms with E-state index in [1.165, 1.54) is 24.1 Å². The molecule has 0 aliphatic carbocycles. The van der Waals surface area contributed by atoms with E-state index in [1.54, 1.807) is 24.3 Å². The molecule has 5 rings (SSSR count). The summed E-state index contributed by atoms with van der Waals surface area (Å²) < 4.78 is 12.3. The maximum atomic E-state index is 13.2. The Hall–Kier alpha value is -3.90. The minimum absolute atomic E-state index is 0.0109. The molecule has 8 nitrogen and oxygen atoms in total. The Labute approximate surface area is 241 Å². The maximum Gasteiger partial charge on any atom is 0.293 e. The normalized spacial score (nSPS) is 14.3. The number of benzene rings is 4. The number of thioether (sulfide) groups is 1. The highest BCUT2D eigenvalue weighted by Crippen LogP contribution is 2.38. The molecule has 0 aromatic heterocycles. The summed E-state index contributed by atoms with van der Waals surface area (Å²) in [6.07, 6.45) is 1.68. The summed E-state index contributed by atoms with van der Waals surface area (Å²) in [6, 6.07) is 23.4. The van der Waals surface area contributed by atoms with Crippen molar-refractivity contribution in [2.75, 3.05) is 7.11 Å². The number of non-ortho nitro benzene ring substituents is 1. The summed E-state index contributed by atoms with van der Waals surface area (Å²) in [5.74, 6) is 0.633. The third kappa shape index (κ3) is 5.76. The first-order chi connectivity index (χ1) is 18.8. The molecule has 0 N–H and O–H groups in total. The molecule has 2 amide bonds. The highest BCUT2D eigenvalue weighted by molar-refractivity contribution is 14.1. The number of nitro groups is 1. The van der Waals surface area contributed by atoms with Gasteiger partial charge in [0, 0.05) is 12.1 Å². The van der Waals surface area contributed by atoms with Crippen LogP contribution in [0.4, 0.5) is 10.5 Å². The molecule has 1 heterocycles. The number of ether oxygens (including phenoxy) is 2. The van der Waals surface area contributed by atoms with Crippen molar-refractivity contribution in [2.45, 2.75) is 13.2 Å². The number of carbonyl (C=O) groups is 2. The lowest BCUT2D eigenvalue weighted by Crippen LogP contribution is -2.27. The molecule has 196 valence electrons. The monoisotopic (exact) mass is 652 g/mol. The van der Waals surface area contributed by atoms with E-state index in [9.17, 15) is 19.7 Å². The summed E-state index contributed by atoms with van der Waals surface area (Å²) >= 11 is 3.03. The highest BCUT2D eigenvalue weighted by atomic mass is 127. The van der Waals surface area contributed by atoms with Crippen molar-refractivity contribution in [1.82, 2.24) is 4.90 Å². The van der Waals surface area contributed by atoms with Crippen molar-refractivity contribution in [1.29, 1.82) is 0 Å². The van der Waals surface area contributed by atoms with Crippen LogP contribution in [0, 0.1) is 13.7 Å². The zero-order valence-electron chi connectivity index (χ0n) is 20.6. The van der Waals surface area contributed by atoms with Gasteiger partial charge in [0.15, 0.2) is 11.5 Å². The minimum Gasteiger partial charge on any atom is -0.493 e. The van der Waals surface area contributed by atoms with Gasteiger partial charge in [-0.15, -0.1) is 0 Å². The molecule has 0 radical (unpaired) electrons. The zero-order chi connectivity index (χ0) is 27.5. The molecular weight excluding hydrogens is 631 g/mol. The van der Waals surface area contributed by atoms with Crippen molar-refractivity contribution in [3.8, 4) is 11.5 Å². The second kappa shape index (κ2) is 11.5. The second-order valence-electron chi connectivity index (χ2n) is 8.65. The van der Waals surface area contributed by atoms with Crippen LogP contribution in [0.15, 0.2) is 83.8 Å². The van der Waals surface area contributed by atoms with E-state index in [0.717, 1.165) is 37.2 Å². The number of imide groups is 1. The zero-order valence-corrected chi connectivity index (χ0v) is 23.6. The first-order valence-electron chi connectivity index (χ1n) is 11.8. The van der Waals surface area contributed by atoms with E-state index in [4.69, 9.17) is 9.47 Å². The molecule has 0 unspecified atom stereocenters. The molecule has 0 spiro atoms. The number of nitro benzene ring substituents is 1. The van der Waals surface area contributed by atoms with Gasteiger partial charge < -0.3 is 9.47 Å². The summed E-state index contributed by atoms with van der Waals surface area (Å²) in [6.45, 7) is 0.385. The molecule has 1 fully saturated rings. The molecule has 10 heteroatoms. The quantitative estimate of drug-likeness (QED) is 0.0861. The summed E-state index contributed by atoms with van der Waals surface area (Å²) in [7, 11) is 1.52. The summed E-state index contributed by atoms with van der Waals surface area (Å²) in [4.78, 5) is 38.0. The predicted molar refractivity (Wildman–Crippen MR) is 159 cm³/mol. The number of amides is 2. The Morgan fingerprint density at radius 1 is 1.03 bits per heavy atom. The van der Waals surface area contributed by atoms with Gasteiger partial charge in [-0.3, -0.25) is 24.6 Å². The maximum absolute atomic E-state index is 13.2. The fraction of sp³-hybridized carbons (Fsp3) is 0.103. The Morgan fingerprint density at radius 2 is 1.77 bits per heavy atom. The van der Waals surface area contributed by atoms with E-state index in [0.29, 0.717) is 22.0 Å². The topological polar surface area (TPSA) is 99.0 Å². The van der Waals surface area contributed by atoms with Crippen LogP contribution >= 0.6 is 34.4 Å². The van der Waals surface area contributed by atoms with Crippen molar-refractivity contribution < 1.29 is 24.0 Å². The molecule has 39 heavy (non-hydrogen) atoms. The van der Waals surface area contributed by atoms with Crippen LogP contribution in [0.3, 0.4) is 0 Å². The lowest BCUT2D eigenvalue weighted by Gasteiger charge is -2.15. The molecule has 1 aliphatic rings. The van der Waals surface area contributed by atoms with Crippen molar-refractivity contribution >= 4 is 68.0 Å². The second-order valence-corrected chi connectivity index (χ2v) is 10.8. The van der Waals surface area contributed by atoms with Gasteiger partial charge in [-0.1, -0.05) is 42.5 Å². The van der Waals surface area contributed by atoms with Gasteiger partial charge in [0.1, 0.15) is 6.61 Å². The van der Waals surface area contributed by atoms with E-state index < -0.39 is 4.92 Å². The fourth-order valence-corrected chi connectivity index (χ4v) is 5.84. The van der Waals surface area contributed by atoms with E-state index in [-0.39, 0.29) is 30.0 Å². The molecule has 0 atom stereocenters. The van der Waals surface area contributed by atoms with Crippen molar-refractivity contribution in [3.05, 3.63) is 114 Å². The lowest BCUT2D eigenvalue weighted by molar-refractivity contribution is -0.384. The van der Waals surface area contributed by atoms with E-state index >= 15 is 0 Å². The number of nitrogens with zero attached hydrogens (tertiary/aromatic N) is 2. The van der Waals surface area contributed by atoms with Gasteiger partial charge in [0.2, 0.25) is 0 Å². The van der Waals surface area contributed by atoms with Crippen LogP contribution in [0.1, 0.15) is 16.7 Å². The average Bonchev–Trinajstić information content (AvgIpc) is 3.19. The Bertz CT molecular complexity index is 1630. The predicted octanol–water partition coefficient (Wildman–Crippen LogP) is 7.18. The van der Waals surface area contributed by atoms with Gasteiger partial charge in [0.25, 0.3) is 16.8 Å². The van der Waals surface area contributed by atoms with Gasteiger partial charge in [0.05, 0.1) is 27.1 Å². The molecule has 1 aliphatic heterocycles. The summed E-state index contributed by atoms with van der Waals surface area (Å²) in [5.41, 5.74) is 2.37. The number of methoxy groups -OCH3 is 1. The van der Waals surface area contributed by atoms with E-state index in [2.05, 4.69) is 22.6 Å². The van der Waals surface area contributed by atoms with Gasteiger partial charge in [-0.05, 0) is 92.2 Å². The number of hydrogen-bond acceptors (Lipinski definition) is 7. The van der Waals surface area contributed by atoms with Crippen LogP contribution in [0.25, 0.3) is 16.8 Å². The van der Waals surface area contributed by atoms with Crippen LogP contribution in [-0.4, -0.2) is 28.1 Å². The molecule has 1 saturated heterocycles. The Balaban J connectivity index is 1.34. The molecule has 0 bridgehead atoms. The molecule has 0 saturated carbocycles. The van der Waals surface area contributed by atoms with Crippen LogP contribution in [-0.2, 0) is 17.9 Å². The standard InChI is InChI=1S/C29H21IN2O6S/c1-37-25-14-19(13-24(30)27(25)38-17-18-9-11-22(12-10-18)32(35)36)15-26-28(33)31(29(34)39-26)16-21-7-4-6-20-5-2-3-8-23(20)21/h2-15H,16-17H2,1H3/b26-15+. The lowest BCUT2D eigenvalue weighted by atomic mass is 10.0. The van der Waals surface area contributed by atoms with Crippen LogP contribution in [0.5, 0.6) is 11.5 Å². The first kappa shape index (κ1) is 26.7. The number of rotatable bonds is 8. The number of hydrogen-bond donors (Lipinski definition) is 0. The molecule has 4 aromatic rings. The Morgan fingerprint density at radius 3 is 2.51 bits per heavy atom. The third-order valence-electron chi connectivity index (χ3n) is 6.16. The summed E-state index contributed by atoms with van der Waals surface area (Å²) in [5, 5.41) is 12.6. The van der Waals surface area contributed by atoms with Crippen LogP contribution in [0.2, 0.25) is 0 Å². The Kier molecular flexibility index (Phi) is 7.84. The first-order valence-corrected chi connectivity index (χ1v) is 13.7. The fourth-order valence-electron chi connectivity index (χ4n) is 4.22. The van der Waals surface area contributed by atoms with Gasteiger partial charge in [-0.25, -0.2) is 0 Å². The largest absolute Gasteiger partial charge is 0.493 e. The van der Waals surface area contributed by atoms with Gasteiger partial charge in [-0.2, -0.15) is 0 Å². The van der Waals surface area contributed by atoms with E-state index in [1.807, 2.05) is 48.5 Å². The number of halogens is 1. The molecular formula is C29H21IN2O6S. The smallest absolute Gasteiger partial charge is 0.293 e. The number of carbonyl (C=O) groups excluding carboxylic acids is 2. The van der Waals surface area contributed by atoms with Crippen molar-refractivity contribution in [2.24, 2.45) is 0 Å². The van der Waals surface area contributed by atoms with Gasteiger partial charge >= 0.3 is 0 Å². The van der Waals surface area contributed by atoms with Crippen molar-refractivity contribution in [3.63, 3.8) is 0 Å². The third-order valence-corrected chi connectivity index (χ3v) is 7.87. The highest BCUT2D eigenvalue weighted by Gasteiger charge is 2.35. The SMILES string of the molecule is COc1cc(/C=C2/SC(=O)N(Cc3cccc4ccccc34)C2=O)cc(I)c1OCc1ccc([N+](=O)[O-])cc1.